The molecule has 0 radical (unpaired) electrons. The maximum Gasteiger partial charge on any atom is 0.673 e. The van der Waals surface area contributed by atoms with Crippen LogP contribution in [-0.2, 0) is 4.74 Å². The first kappa shape index (κ1) is 12.7. The van der Waals surface area contributed by atoms with Crippen LogP contribution >= 0.6 is 0 Å². The predicted octanol–water partition coefficient (Wildman–Crippen LogP) is 1.98. The summed E-state index contributed by atoms with van der Waals surface area (Å²) in [5.74, 6) is 0. The SMILES string of the molecule is COC1CCCN1C.F[B-](F)(F)F. The highest BCUT2D eigenvalue weighted by Gasteiger charge is 2.20. The molecule has 2 nitrogen and oxygen atoms in total. The Morgan fingerprint density at radius 2 is 1.77 bits per heavy atom. The normalized spacial score (nSPS) is 24.0. The van der Waals surface area contributed by atoms with Crippen molar-refractivity contribution in [3.8, 4) is 0 Å². The number of halogens is 4. The van der Waals surface area contributed by atoms with Gasteiger partial charge >= 0.3 is 7.25 Å². The van der Waals surface area contributed by atoms with E-state index in [1.807, 2.05) is 0 Å². The van der Waals surface area contributed by atoms with Gasteiger partial charge in [0.1, 0.15) is 6.23 Å². The van der Waals surface area contributed by atoms with Crippen molar-refractivity contribution < 1.29 is 22.0 Å². The number of likely N-dealkylation sites (tertiary alicyclic amines) is 1. The minimum Gasteiger partial charge on any atom is -0.418 e. The Labute approximate surface area is 75.0 Å². The van der Waals surface area contributed by atoms with Crippen molar-refractivity contribution in [1.29, 1.82) is 0 Å². The highest BCUT2D eigenvalue weighted by Crippen LogP contribution is 2.13. The third-order valence-electron chi connectivity index (χ3n) is 1.73. The summed E-state index contributed by atoms with van der Waals surface area (Å²) in [5, 5.41) is 0. The topological polar surface area (TPSA) is 12.5 Å². The molecule has 1 atom stereocenters. The fraction of sp³-hybridized carbons (Fsp3) is 1.00. The fourth-order valence-corrected chi connectivity index (χ4v) is 1.18. The van der Waals surface area contributed by atoms with Crippen molar-refractivity contribution in [2.75, 3.05) is 20.7 Å². The first-order chi connectivity index (χ1) is 5.84. The zero-order valence-electron chi connectivity index (χ0n) is 7.64. The molecule has 1 heterocycles. The van der Waals surface area contributed by atoms with Gasteiger partial charge in [-0.25, -0.2) is 0 Å². The van der Waals surface area contributed by atoms with Gasteiger partial charge in [-0.05, 0) is 19.9 Å². The maximum atomic E-state index is 9.75. The van der Waals surface area contributed by atoms with E-state index in [1.165, 1.54) is 19.4 Å². The molecule has 1 aliphatic heterocycles. The fourth-order valence-electron chi connectivity index (χ4n) is 1.18. The predicted molar refractivity (Wildman–Crippen MR) is 42.8 cm³/mol. The second-order valence-corrected chi connectivity index (χ2v) is 2.81. The molecule has 0 aliphatic carbocycles. The highest BCUT2D eigenvalue weighted by atomic mass is 19.5. The first-order valence-electron chi connectivity index (χ1n) is 3.95. The molecule has 1 aliphatic rings. The molecule has 0 bridgehead atoms. The van der Waals surface area contributed by atoms with Crippen LogP contribution in [0.5, 0.6) is 0 Å². The molecule has 0 N–H and O–H groups in total. The molecule has 13 heavy (non-hydrogen) atoms. The van der Waals surface area contributed by atoms with E-state index in [9.17, 15) is 17.3 Å². The zero-order valence-corrected chi connectivity index (χ0v) is 7.64. The van der Waals surface area contributed by atoms with E-state index in [-0.39, 0.29) is 0 Å². The molecule has 0 aromatic carbocycles. The van der Waals surface area contributed by atoms with Crippen LogP contribution in [0, 0.1) is 0 Å². The van der Waals surface area contributed by atoms with Gasteiger partial charge in [0.25, 0.3) is 0 Å². The number of nitrogens with zero attached hydrogens (tertiary/aromatic N) is 1. The van der Waals surface area contributed by atoms with Crippen LogP contribution < -0.4 is 0 Å². The Balaban J connectivity index is 0.000000252. The van der Waals surface area contributed by atoms with Gasteiger partial charge in [0, 0.05) is 13.7 Å². The van der Waals surface area contributed by atoms with Crippen LogP contribution in [0.15, 0.2) is 0 Å². The van der Waals surface area contributed by atoms with Crippen molar-refractivity contribution in [2.45, 2.75) is 19.1 Å². The summed E-state index contributed by atoms with van der Waals surface area (Å²) >= 11 is 0. The van der Waals surface area contributed by atoms with Crippen LogP contribution in [0.4, 0.5) is 17.3 Å². The molecule has 7 heteroatoms. The van der Waals surface area contributed by atoms with Gasteiger partial charge in [-0.2, -0.15) is 0 Å². The molecule has 0 aromatic heterocycles. The second kappa shape index (κ2) is 5.44. The van der Waals surface area contributed by atoms with Gasteiger partial charge in [-0.1, -0.05) is 0 Å². The third kappa shape index (κ3) is 8.05. The Bertz CT molecular complexity index is 137. The lowest BCUT2D eigenvalue weighted by Crippen LogP contribution is -2.25. The molecular formula is C6H13BF4NO-. The van der Waals surface area contributed by atoms with E-state index in [2.05, 4.69) is 11.9 Å². The van der Waals surface area contributed by atoms with E-state index in [0.717, 1.165) is 0 Å². The minimum atomic E-state index is -6.00. The van der Waals surface area contributed by atoms with E-state index < -0.39 is 7.25 Å². The summed E-state index contributed by atoms with van der Waals surface area (Å²) in [7, 11) is -2.13. The first-order valence-corrected chi connectivity index (χ1v) is 3.95. The standard InChI is InChI=1S/C6H13NO.BF4/c1-7-5-3-4-6(7)8-2;2-1(3,4)5/h6H,3-5H2,1-2H3;/q;-1. The summed E-state index contributed by atoms with van der Waals surface area (Å²) in [6, 6.07) is 0. The van der Waals surface area contributed by atoms with E-state index >= 15 is 0 Å². The van der Waals surface area contributed by atoms with Crippen LogP contribution in [0.2, 0.25) is 0 Å². The molecule has 1 unspecified atom stereocenters. The third-order valence-corrected chi connectivity index (χ3v) is 1.73. The molecule has 0 saturated carbocycles. The summed E-state index contributed by atoms with van der Waals surface area (Å²) in [4.78, 5) is 2.24. The summed E-state index contributed by atoms with van der Waals surface area (Å²) in [5.41, 5.74) is 0. The van der Waals surface area contributed by atoms with Crippen molar-refractivity contribution in [3.05, 3.63) is 0 Å². The Morgan fingerprint density at radius 1 is 1.31 bits per heavy atom. The lowest BCUT2D eigenvalue weighted by atomic mass is 10.3. The van der Waals surface area contributed by atoms with Crippen LogP contribution in [0.3, 0.4) is 0 Å². The Morgan fingerprint density at radius 3 is 1.92 bits per heavy atom. The van der Waals surface area contributed by atoms with Gasteiger partial charge in [0.05, 0.1) is 0 Å². The van der Waals surface area contributed by atoms with Gasteiger partial charge < -0.3 is 22.0 Å². The molecular weight excluding hydrogens is 189 g/mol. The smallest absolute Gasteiger partial charge is 0.418 e. The Hall–Kier alpha value is -0.295. The number of hydrogen-bond donors (Lipinski definition) is 0. The summed E-state index contributed by atoms with van der Waals surface area (Å²) in [6.07, 6.45) is 2.89. The number of rotatable bonds is 1. The largest absolute Gasteiger partial charge is 0.673 e. The zero-order chi connectivity index (χ0) is 10.5. The van der Waals surface area contributed by atoms with E-state index in [0.29, 0.717) is 6.23 Å². The van der Waals surface area contributed by atoms with Crippen molar-refractivity contribution in [2.24, 2.45) is 0 Å². The van der Waals surface area contributed by atoms with E-state index in [4.69, 9.17) is 4.74 Å². The second-order valence-electron chi connectivity index (χ2n) is 2.81. The maximum absolute atomic E-state index is 9.75. The molecule has 0 amide bonds. The molecule has 1 rings (SSSR count). The van der Waals surface area contributed by atoms with Crippen molar-refractivity contribution in [1.82, 2.24) is 4.90 Å². The summed E-state index contributed by atoms with van der Waals surface area (Å²) in [6.45, 7) is 1.19. The van der Waals surface area contributed by atoms with Gasteiger partial charge in [0.15, 0.2) is 0 Å². The lowest BCUT2D eigenvalue weighted by molar-refractivity contribution is 0.0109. The summed E-state index contributed by atoms with van der Waals surface area (Å²) < 4.78 is 44.1. The average Bonchev–Trinajstić information content (AvgIpc) is 2.31. The average molecular weight is 202 g/mol. The van der Waals surface area contributed by atoms with Crippen LogP contribution in [-0.4, -0.2) is 39.1 Å². The molecule has 1 saturated heterocycles. The van der Waals surface area contributed by atoms with Gasteiger partial charge in [0.2, 0.25) is 0 Å². The van der Waals surface area contributed by atoms with Crippen molar-refractivity contribution in [3.63, 3.8) is 0 Å². The quantitative estimate of drug-likeness (QED) is 0.476. The molecule has 0 spiro atoms. The number of hydrogen-bond acceptors (Lipinski definition) is 2. The lowest BCUT2D eigenvalue weighted by Gasteiger charge is -2.16. The van der Waals surface area contributed by atoms with E-state index in [1.54, 1.807) is 7.11 Å². The molecule has 1 fully saturated rings. The van der Waals surface area contributed by atoms with Crippen LogP contribution in [0.25, 0.3) is 0 Å². The molecule has 0 aromatic rings. The van der Waals surface area contributed by atoms with Gasteiger partial charge in [-0.3, -0.25) is 4.90 Å². The van der Waals surface area contributed by atoms with Crippen LogP contribution in [0.1, 0.15) is 12.8 Å². The van der Waals surface area contributed by atoms with Crippen molar-refractivity contribution >= 4 is 7.25 Å². The number of methoxy groups -OCH3 is 1. The monoisotopic (exact) mass is 202 g/mol. The number of ether oxygens (including phenoxy) is 1. The Kier molecular flexibility index (Phi) is 5.31. The van der Waals surface area contributed by atoms with Gasteiger partial charge in [-0.15, -0.1) is 0 Å². The molecule has 80 valence electrons. The minimum absolute atomic E-state index is 0.398. The highest BCUT2D eigenvalue weighted by molar-refractivity contribution is 6.50.